The number of nitro groups is 1. The van der Waals surface area contributed by atoms with Gasteiger partial charge in [-0.25, -0.2) is 0 Å². The summed E-state index contributed by atoms with van der Waals surface area (Å²) in [6.07, 6.45) is -0.733. The number of carbonyl (C=O) groups is 1. The lowest BCUT2D eigenvalue weighted by Gasteiger charge is -2.10. The normalized spacial score (nSPS) is 17.7. The summed E-state index contributed by atoms with van der Waals surface area (Å²) >= 11 is 0. The molecule has 1 aliphatic rings. The number of carbonyl (C=O) groups excluding carboxylic acids is 1. The van der Waals surface area contributed by atoms with Crippen molar-refractivity contribution in [2.75, 3.05) is 0 Å². The monoisotopic (exact) mass is 375 g/mol. The lowest BCUT2D eigenvalue weighted by atomic mass is 10.0. The molecule has 0 saturated carbocycles. The zero-order valence-electron chi connectivity index (χ0n) is 14.9. The fourth-order valence-corrected chi connectivity index (χ4v) is 3.03. The van der Waals surface area contributed by atoms with Gasteiger partial charge in [0.25, 0.3) is 5.69 Å². The molecule has 2 atom stereocenters. The summed E-state index contributed by atoms with van der Waals surface area (Å²) in [7, 11) is 0. The minimum absolute atomic E-state index is 0.0252. The van der Waals surface area contributed by atoms with Crippen LogP contribution in [0.2, 0.25) is 0 Å². The van der Waals surface area contributed by atoms with Crippen molar-refractivity contribution in [1.29, 1.82) is 0 Å². The first kappa shape index (κ1) is 17.9. The van der Waals surface area contributed by atoms with Crippen LogP contribution in [0.15, 0.2) is 78.9 Å². The molecule has 1 heterocycles. The Hall–Kier alpha value is -3.51. The van der Waals surface area contributed by atoms with Gasteiger partial charge in [0.05, 0.1) is 10.5 Å². The maximum atomic E-state index is 12.9. The van der Waals surface area contributed by atoms with E-state index in [-0.39, 0.29) is 24.2 Å². The Kier molecular flexibility index (Phi) is 4.87. The number of nitrogens with zero attached hydrogens (tertiary/aromatic N) is 1. The summed E-state index contributed by atoms with van der Waals surface area (Å²) in [4.78, 5) is 23.2. The van der Waals surface area contributed by atoms with Crippen LogP contribution < -0.4 is 4.74 Å². The fourth-order valence-electron chi connectivity index (χ4n) is 3.03. The molecule has 6 heteroatoms. The number of nitro benzene ring substituents is 1. The van der Waals surface area contributed by atoms with Crippen LogP contribution in [0, 0.1) is 10.1 Å². The fraction of sp³-hybridized carbons (Fsp3) is 0.136. The molecule has 1 saturated heterocycles. The Balaban J connectivity index is 1.45. The topological polar surface area (TPSA) is 82.0 Å². The van der Waals surface area contributed by atoms with E-state index in [1.807, 2.05) is 30.3 Å². The van der Waals surface area contributed by atoms with Crippen molar-refractivity contribution >= 4 is 11.5 Å². The second-order valence-electron chi connectivity index (χ2n) is 6.46. The molecule has 0 spiro atoms. The summed E-state index contributed by atoms with van der Waals surface area (Å²) in [5, 5.41) is 10.7. The third kappa shape index (κ3) is 3.77. The van der Waals surface area contributed by atoms with E-state index in [1.54, 1.807) is 36.4 Å². The van der Waals surface area contributed by atoms with Gasteiger partial charge >= 0.3 is 0 Å². The van der Waals surface area contributed by atoms with Crippen molar-refractivity contribution in [2.24, 2.45) is 0 Å². The van der Waals surface area contributed by atoms with Crippen molar-refractivity contribution in [3.8, 4) is 5.75 Å². The van der Waals surface area contributed by atoms with E-state index in [1.165, 1.54) is 12.1 Å². The average molecular weight is 375 g/mol. The van der Waals surface area contributed by atoms with E-state index in [2.05, 4.69) is 0 Å². The number of Topliss-reactive ketones (excluding diaryl/α,β-unsaturated/α-hetero) is 1. The lowest BCUT2D eigenvalue weighted by Crippen LogP contribution is -2.10. The largest absolute Gasteiger partial charge is 0.488 e. The van der Waals surface area contributed by atoms with Crippen LogP contribution in [0.3, 0.4) is 0 Å². The number of para-hydroxylation sites is 1. The van der Waals surface area contributed by atoms with Crippen LogP contribution in [-0.2, 0) is 11.3 Å². The molecular weight excluding hydrogens is 358 g/mol. The third-order valence-corrected chi connectivity index (χ3v) is 4.57. The van der Waals surface area contributed by atoms with Crippen LogP contribution in [0.5, 0.6) is 5.75 Å². The van der Waals surface area contributed by atoms with Crippen molar-refractivity contribution < 1.29 is 19.2 Å². The summed E-state index contributed by atoms with van der Waals surface area (Å²) in [5.74, 6) is 0.348. The van der Waals surface area contributed by atoms with Gasteiger partial charge in [0.15, 0.2) is 11.9 Å². The number of ether oxygens (including phenoxy) is 2. The Morgan fingerprint density at radius 3 is 2.36 bits per heavy atom. The standard InChI is InChI=1S/C22H17NO5/c24-20(22-21(28-22)16-6-2-1-3-7-16)18-8-4-5-9-19(18)27-14-15-10-12-17(13-11-15)23(25)26/h1-13,21-22H,14H2/t21-,22-/m1/s1. The summed E-state index contributed by atoms with van der Waals surface area (Å²) in [6, 6.07) is 22.8. The molecule has 0 aliphatic carbocycles. The molecule has 0 aromatic heterocycles. The van der Waals surface area contributed by atoms with Gasteiger partial charge in [0.2, 0.25) is 0 Å². The van der Waals surface area contributed by atoms with Crippen molar-refractivity contribution in [2.45, 2.75) is 18.8 Å². The van der Waals surface area contributed by atoms with E-state index in [4.69, 9.17) is 9.47 Å². The summed E-state index contributed by atoms with van der Waals surface area (Å²) < 4.78 is 11.4. The van der Waals surface area contributed by atoms with Gasteiger partial charge in [-0.2, -0.15) is 0 Å². The molecule has 0 unspecified atom stereocenters. The lowest BCUT2D eigenvalue weighted by molar-refractivity contribution is -0.384. The molecule has 28 heavy (non-hydrogen) atoms. The molecule has 140 valence electrons. The number of ketones is 1. The van der Waals surface area contributed by atoms with Crippen LogP contribution in [0.4, 0.5) is 5.69 Å². The highest BCUT2D eigenvalue weighted by Crippen LogP contribution is 2.41. The van der Waals surface area contributed by atoms with Crippen molar-refractivity contribution in [1.82, 2.24) is 0 Å². The van der Waals surface area contributed by atoms with Gasteiger partial charge < -0.3 is 9.47 Å². The molecule has 0 N–H and O–H groups in total. The Morgan fingerprint density at radius 1 is 0.964 bits per heavy atom. The maximum absolute atomic E-state index is 12.9. The third-order valence-electron chi connectivity index (χ3n) is 4.57. The molecule has 0 radical (unpaired) electrons. The Labute approximate surface area is 161 Å². The molecule has 1 fully saturated rings. The van der Waals surface area contributed by atoms with Crippen molar-refractivity contribution in [3.63, 3.8) is 0 Å². The number of hydrogen-bond acceptors (Lipinski definition) is 5. The Morgan fingerprint density at radius 2 is 1.64 bits per heavy atom. The highest BCUT2D eigenvalue weighted by Gasteiger charge is 2.46. The zero-order valence-corrected chi connectivity index (χ0v) is 14.9. The van der Waals surface area contributed by atoms with Gasteiger partial charge in [-0.15, -0.1) is 0 Å². The molecule has 3 aromatic carbocycles. The van der Waals surface area contributed by atoms with E-state index in [0.29, 0.717) is 11.3 Å². The SMILES string of the molecule is O=C(c1ccccc1OCc1ccc([N+](=O)[O-])cc1)[C@H]1O[C@@H]1c1ccccc1. The average Bonchev–Trinajstić information content (AvgIpc) is 3.54. The van der Waals surface area contributed by atoms with Gasteiger partial charge in [-0.05, 0) is 35.4 Å². The molecule has 4 rings (SSSR count). The van der Waals surface area contributed by atoms with Crippen LogP contribution >= 0.6 is 0 Å². The summed E-state index contributed by atoms with van der Waals surface area (Å²) in [5.41, 5.74) is 2.24. The minimum atomic E-state index is -0.508. The molecule has 0 amide bonds. The molecule has 1 aliphatic heterocycles. The van der Waals surface area contributed by atoms with E-state index < -0.39 is 11.0 Å². The van der Waals surface area contributed by atoms with E-state index >= 15 is 0 Å². The van der Waals surface area contributed by atoms with E-state index in [9.17, 15) is 14.9 Å². The zero-order chi connectivity index (χ0) is 19.5. The predicted molar refractivity (Wildman–Crippen MR) is 102 cm³/mol. The van der Waals surface area contributed by atoms with Gasteiger partial charge in [0, 0.05) is 12.1 Å². The second-order valence-corrected chi connectivity index (χ2v) is 6.46. The van der Waals surface area contributed by atoms with Gasteiger partial charge in [0.1, 0.15) is 18.5 Å². The quantitative estimate of drug-likeness (QED) is 0.263. The van der Waals surface area contributed by atoms with Crippen LogP contribution in [0.25, 0.3) is 0 Å². The molecule has 3 aromatic rings. The highest BCUT2D eigenvalue weighted by atomic mass is 16.6. The smallest absolute Gasteiger partial charge is 0.269 e. The first-order valence-electron chi connectivity index (χ1n) is 8.83. The van der Waals surface area contributed by atoms with Crippen LogP contribution in [-0.4, -0.2) is 16.8 Å². The van der Waals surface area contributed by atoms with Gasteiger partial charge in [-0.3, -0.25) is 14.9 Å². The van der Waals surface area contributed by atoms with Crippen LogP contribution in [0.1, 0.15) is 27.6 Å². The summed E-state index contributed by atoms with van der Waals surface area (Å²) in [6.45, 7) is 0.204. The molecule has 6 nitrogen and oxygen atoms in total. The number of epoxide rings is 1. The first-order valence-corrected chi connectivity index (χ1v) is 8.83. The van der Waals surface area contributed by atoms with E-state index in [0.717, 1.165) is 11.1 Å². The molecular formula is C22H17NO5. The number of non-ortho nitro benzene ring substituents is 1. The number of benzene rings is 3. The second kappa shape index (κ2) is 7.62. The minimum Gasteiger partial charge on any atom is -0.488 e. The van der Waals surface area contributed by atoms with Gasteiger partial charge in [-0.1, -0.05) is 42.5 Å². The first-order chi connectivity index (χ1) is 13.6. The molecule has 0 bridgehead atoms. The maximum Gasteiger partial charge on any atom is 0.269 e. The number of rotatable bonds is 7. The Bertz CT molecular complexity index is 1000. The number of hydrogen-bond donors (Lipinski definition) is 0. The predicted octanol–water partition coefficient (Wildman–Crippen LogP) is 4.50. The highest BCUT2D eigenvalue weighted by molar-refractivity contribution is 6.03. The van der Waals surface area contributed by atoms with Crippen molar-refractivity contribution in [3.05, 3.63) is 106 Å².